The van der Waals surface area contributed by atoms with Crippen LogP contribution in [0, 0.1) is 11.3 Å². The van der Waals surface area contributed by atoms with Gasteiger partial charge in [0, 0.05) is 11.8 Å². The number of alkyl halides is 2. The maximum Gasteiger partial charge on any atom is 0.387 e. The number of nitriles is 1. The number of benzene rings is 1. The summed E-state index contributed by atoms with van der Waals surface area (Å²) in [4.78, 5) is 11.7. The molecular weight excluding hydrogens is 382 g/mol. The third kappa shape index (κ3) is 3.69. The van der Waals surface area contributed by atoms with Crippen molar-refractivity contribution < 1.29 is 23.0 Å². The molecule has 3 rings (SSSR count). The first-order chi connectivity index (χ1) is 13.7. The summed E-state index contributed by atoms with van der Waals surface area (Å²) in [6, 6.07) is 8.60. The average molecular weight is 400 g/mol. The molecule has 1 aromatic carbocycles. The lowest BCUT2D eigenvalue weighted by Gasteiger charge is -2.16. The molecule has 1 amide bonds. The molecule has 0 atom stereocenters. The van der Waals surface area contributed by atoms with E-state index in [4.69, 9.17) is 10.5 Å². The lowest BCUT2D eigenvalue weighted by molar-refractivity contribution is -0.0501. The van der Waals surface area contributed by atoms with Crippen LogP contribution in [-0.2, 0) is 5.41 Å². The number of pyridine rings is 1. The second-order valence-electron chi connectivity index (χ2n) is 6.84. The molecule has 3 aromatic rings. The summed E-state index contributed by atoms with van der Waals surface area (Å²) in [7, 11) is 1.30. The minimum Gasteiger partial charge on any atom is -0.496 e. The van der Waals surface area contributed by atoms with Crippen LogP contribution in [0.15, 0.2) is 36.7 Å². The Morgan fingerprint density at radius 2 is 2.00 bits per heavy atom. The standard InChI is InChI=1S/C20H18F2N4O3/c1-20(2,10-23)12-4-5-14-13(8-25-26(14)9-12)11-6-15(28-3)17(18(24)27)16(7-11)29-19(21)22/h4-9,19H,1-3H3,(H2,24,27). The van der Waals surface area contributed by atoms with Crippen LogP contribution in [0.2, 0.25) is 0 Å². The molecule has 0 saturated heterocycles. The van der Waals surface area contributed by atoms with Gasteiger partial charge >= 0.3 is 6.61 Å². The van der Waals surface area contributed by atoms with E-state index in [1.807, 2.05) is 0 Å². The Morgan fingerprint density at radius 3 is 2.59 bits per heavy atom. The van der Waals surface area contributed by atoms with E-state index in [0.29, 0.717) is 16.6 Å². The number of carbonyl (C=O) groups is 1. The number of ether oxygens (including phenoxy) is 2. The van der Waals surface area contributed by atoms with Gasteiger partial charge in [0.05, 0.1) is 30.3 Å². The SMILES string of the molecule is COc1cc(-c2cnn3cc(C(C)(C)C#N)ccc23)cc(OC(F)F)c1C(N)=O. The fraction of sp³-hybridized carbons (Fsp3) is 0.250. The zero-order valence-electron chi connectivity index (χ0n) is 15.9. The predicted molar refractivity (Wildman–Crippen MR) is 101 cm³/mol. The summed E-state index contributed by atoms with van der Waals surface area (Å²) < 4.78 is 37.0. The van der Waals surface area contributed by atoms with Crippen molar-refractivity contribution in [1.29, 1.82) is 5.26 Å². The molecule has 0 radical (unpaired) electrons. The van der Waals surface area contributed by atoms with E-state index in [-0.39, 0.29) is 17.1 Å². The number of amides is 1. The molecule has 0 aliphatic heterocycles. The van der Waals surface area contributed by atoms with E-state index in [9.17, 15) is 18.8 Å². The Morgan fingerprint density at radius 1 is 1.31 bits per heavy atom. The number of aromatic nitrogens is 2. The van der Waals surface area contributed by atoms with Gasteiger partial charge in [0.25, 0.3) is 5.91 Å². The molecule has 150 valence electrons. The zero-order chi connectivity index (χ0) is 21.3. The first-order valence-corrected chi connectivity index (χ1v) is 8.54. The van der Waals surface area contributed by atoms with E-state index in [2.05, 4.69) is 15.9 Å². The van der Waals surface area contributed by atoms with Crippen molar-refractivity contribution in [2.24, 2.45) is 5.73 Å². The molecule has 2 heterocycles. The van der Waals surface area contributed by atoms with Gasteiger partial charge in [0.2, 0.25) is 0 Å². The van der Waals surface area contributed by atoms with Crippen molar-refractivity contribution in [2.45, 2.75) is 25.9 Å². The Balaban J connectivity index is 2.19. The molecule has 0 spiro atoms. The number of nitrogens with zero attached hydrogens (tertiary/aromatic N) is 3. The monoisotopic (exact) mass is 400 g/mol. The molecular formula is C20H18F2N4O3. The van der Waals surface area contributed by atoms with Crippen molar-refractivity contribution in [3.63, 3.8) is 0 Å². The van der Waals surface area contributed by atoms with E-state index in [1.165, 1.54) is 19.2 Å². The van der Waals surface area contributed by atoms with Gasteiger partial charge in [-0.1, -0.05) is 6.07 Å². The second-order valence-corrected chi connectivity index (χ2v) is 6.84. The Kier molecular flexibility index (Phi) is 5.12. The van der Waals surface area contributed by atoms with Gasteiger partial charge in [-0.2, -0.15) is 19.1 Å². The Bertz CT molecular complexity index is 1130. The smallest absolute Gasteiger partial charge is 0.387 e. The molecule has 2 aromatic heterocycles. The second kappa shape index (κ2) is 7.39. The number of primary amides is 1. The number of carbonyl (C=O) groups excluding carboxylic acids is 1. The topological polar surface area (TPSA) is 103 Å². The number of halogens is 2. The zero-order valence-corrected chi connectivity index (χ0v) is 15.9. The van der Waals surface area contributed by atoms with Crippen LogP contribution in [0.3, 0.4) is 0 Å². The molecule has 0 saturated carbocycles. The number of hydrogen-bond acceptors (Lipinski definition) is 5. The normalized spacial score (nSPS) is 11.5. The van der Waals surface area contributed by atoms with Gasteiger partial charge in [0.1, 0.15) is 17.1 Å². The van der Waals surface area contributed by atoms with Crippen LogP contribution in [0.25, 0.3) is 16.6 Å². The van der Waals surface area contributed by atoms with Crippen LogP contribution in [0.1, 0.15) is 29.8 Å². The number of hydrogen-bond donors (Lipinski definition) is 1. The summed E-state index contributed by atoms with van der Waals surface area (Å²) in [5.41, 5.74) is 6.82. The fourth-order valence-corrected chi connectivity index (χ4v) is 2.98. The lowest BCUT2D eigenvalue weighted by Crippen LogP contribution is -2.16. The van der Waals surface area contributed by atoms with Crippen molar-refractivity contribution in [1.82, 2.24) is 9.61 Å². The highest BCUT2D eigenvalue weighted by Gasteiger charge is 2.23. The first kappa shape index (κ1) is 20.1. The van der Waals surface area contributed by atoms with Crippen LogP contribution in [0.5, 0.6) is 11.5 Å². The van der Waals surface area contributed by atoms with E-state index >= 15 is 0 Å². The van der Waals surface area contributed by atoms with E-state index in [1.54, 1.807) is 42.9 Å². The summed E-state index contributed by atoms with van der Waals surface area (Å²) in [6.45, 7) is 0.438. The molecule has 9 heteroatoms. The Labute approximate surface area is 165 Å². The van der Waals surface area contributed by atoms with Crippen LogP contribution >= 0.6 is 0 Å². The van der Waals surface area contributed by atoms with Gasteiger partial charge in [-0.15, -0.1) is 0 Å². The quantitative estimate of drug-likeness (QED) is 0.682. The molecule has 0 aliphatic carbocycles. The molecule has 0 bridgehead atoms. The van der Waals surface area contributed by atoms with E-state index in [0.717, 1.165) is 5.56 Å². The van der Waals surface area contributed by atoms with Gasteiger partial charge in [-0.05, 0) is 43.2 Å². The summed E-state index contributed by atoms with van der Waals surface area (Å²) in [6.07, 6.45) is 3.27. The molecule has 2 N–H and O–H groups in total. The van der Waals surface area contributed by atoms with Crippen molar-refractivity contribution in [3.05, 3.63) is 47.8 Å². The highest BCUT2D eigenvalue weighted by Crippen LogP contribution is 2.37. The highest BCUT2D eigenvalue weighted by molar-refractivity contribution is 6.00. The van der Waals surface area contributed by atoms with Crippen molar-refractivity contribution in [2.75, 3.05) is 7.11 Å². The minimum atomic E-state index is -3.15. The number of methoxy groups -OCH3 is 1. The summed E-state index contributed by atoms with van der Waals surface area (Å²) in [5, 5.41) is 13.6. The van der Waals surface area contributed by atoms with Crippen molar-refractivity contribution >= 4 is 11.4 Å². The van der Waals surface area contributed by atoms with Gasteiger partial charge < -0.3 is 15.2 Å². The predicted octanol–water partition coefficient (Wildman–Crippen LogP) is 3.51. The molecule has 29 heavy (non-hydrogen) atoms. The van der Waals surface area contributed by atoms with Crippen LogP contribution < -0.4 is 15.2 Å². The summed E-state index contributed by atoms with van der Waals surface area (Å²) >= 11 is 0. The third-order valence-electron chi connectivity index (χ3n) is 4.58. The van der Waals surface area contributed by atoms with Gasteiger partial charge in [-0.25, -0.2) is 4.52 Å². The lowest BCUT2D eigenvalue weighted by atomic mass is 9.87. The number of rotatable bonds is 6. The first-order valence-electron chi connectivity index (χ1n) is 8.54. The molecule has 7 nitrogen and oxygen atoms in total. The Hall–Kier alpha value is -3.67. The average Bonchev–Trinajstić information content (AvgIpc) is 3.09. The molecule has 0 aliphatic rings. The number of nitrogens with two attached hydrogens (primary N) is 1. The number of fused-ring (bicyclic) bond motifs is 1. The van der Waals surface area contributed by atoms with E-state index < -0.39 is 17.9 Å². The molecule has 0 unspecified atom stereocenters. The van der Waals surface area contributed by atoms with Crippen molar-refractivity contribution in [3.8, 4) is 28.7 Å². The van der Waals surface area contributed by atoms with Crippen LogP contribution in [-0.4, -0.2) is 29.2 Å². The third-order valence-corrected chi connectivity index (χ3v) is 4.58. The largest absolute Gasteiger partial charge is 0.496 e. The maximum absolute atomic E-state index is 12.9. The van der Waals surface area contributed by atoms with Crippen LogP contribution in [0.4, 0.5) is 8.78 Å². The summed E-state index contributed by atoms with van der Waals surface area (Å²) in [5.74, 6) is -1.33. The fourth-order valence-electron chi connectivity index (χ4n) is 2.98. The van der Waals surface area contributed by atoms with Gasteiger partial charge in [0.15, 0.2) is 0 Å². The molecule has 0 fully saturated rings. The maximum atomic E-state index is 12.9. The minimum absolute atomic E-state index is 0.00670. The highest BCUT2D eigenvalue weighted by atomic mass is 19.3. The van der Waals surface area contributed by atoms with Gasteiger partial charge in [-0.3, -0.25) is 4.79 Å².